The third-order valence-electron chi connectivity index (χ3n) is 2.29. The predicted octanol–water partition coefficient (Wildman–Crippen LogP) is 2.97. The molecule has 0 radical (unpaired) electrons. The third-order valence-corrected chi connectivity index (χ3v) is 2.66. The van der Waals surface area contributed by atoms with Crippen LogP contribution >= 0.6 is 12.6 Å². The molecule has 0 bridgehead atoms. The van der Waals surface area contributed by atoms with Gasteiger partial charge in [-0.25, -0.2) is 0 Å². The van der Waals surface area contributed by atoms with E-state index in [0.717, 1.165) is 12.1 Å². The van der Waals surface area contributed by atoms with Crippen LogP contribution in [0.5, 0.6) is 0 Å². The Bertz CT molecular complexity index is 535. The molecule has 0 saturated heterocycles. The third kappa shape index (κ3) is 3.89. The fourth-order valence-electron chi connectivity index (χ4n) is 1.50. The van der Waals surface area contributed by atoms with Gasteiger partial charge in [0.05, 0.1) is 24.2 Å². The first kappa shape index (κ1) is 15.4. The second-order valence-corrected chi connectivity index (χ2v) is 4.10. The molecule has 0 aliphatic heterocycles. The van der Waals surface area contributed by atoms with Gasteiger partial charge in [-0.1, -0.05) is 0 Å². The molecule has 3 nitrogen and oxygen atoms in total. The molecule has 0 aromatic heterocycles. The van der Waals surface area contributed by atoms with Crippen LogP contribution in [0.15, 0.2) is 17.0 Å². The molecular weight excluding hydrogens is 279 g/mol. The Morgan fingerprint density at radius 2 is 2.11 bits per heavy atom. The highest BCUT2D eigenvalue weighted by molar-refractivity contribution is 7.80. The average Bonchev–Trinajstić information content (AvgIpc) is 2.29. The maximum Gasteiger partial charge on any atom is 0.416 e. The molecule has 7 heteroatoms. The van der Waals surface area contributed by atoms with Crippen molar-refractivity contribution in [2.75, 3.05) is 6.61 Å². The Hall–Kier alpha value is -1.68. The van der Waals surface area contributed by atoms with Crippen LogP contribution < -0.4 is 0 Å². The van der Waals surface area contributed by atoms with Crippen molar-refractivity contribution in [3.63, 3.8) is 0 Å². The van der Waals surface area contributed by atoms with Crippen molar-refractivity contribution in [3.8, 4) is 6.07 Å². The summed E-state index contributed by atoms with van der Waals surface area (Å²) in [5.74, 6) is -0.774. The summed E-state index contributed by atoms with van der Waals surface area (Å²) in [5.41, 5.74) is -1.29. The summed E-state index contributed by atoms with van der Waals surface area (Å²) in [5, 5.41) is 8.78. The summed E-state index contributed by atoms with van der Waals surface area (Å²) in [7, 11) is 0. The van der Waals surface area contributed by atoms with E-state index in [1.54, 1.807) is 13.0 Å². The maximum atomic E-state index is 12.8. The minimum Gasteiger partial charge on any atom is -0.466 e. The lowest BCUT2D eigenvalue weighted by Gasteiger charge is -2.14. The van der Waals surface area contributed by atoms with Gasteiger partial charge in [0.2, 0.25) is 0 Å². The number of thiol groups is 1. The molecule has 0 unspecified atom stereocenters. The topological polar surface area (TPSA) is 50.1 Å². The van der Waals surface area contributed by atoms with Gasteiger partial charge in [0.15, 0.2) is 0 Å². The van der Waals surface area contributed by atoms with Gasteiger partial charge in [-0.2, -0.15) is 18.4 Å². The van der Waals surface area contributed by atoms with E-state index in [4.69, 9.17) is 5.26 Å². The molecule has 0 aliphatic carbocycles. The van der Waals surface area contributed by atoms with Crippen molar-refractivity contribution in [3.05, 3.63) is 28.8 Å². The summed E-state index contributed by atoms with van der Waals surface area (Å²) < 4.78 is 43.1. The first-order valence-electron chi connectivity index (χ1n) is 5.28. The maximum absolute atomic E-state index is 12.8. The Morgan fingerprint density at radius 1 is 1.47 bits per heavy atom. The highest BCUT2D eigenvalue weighted by Crippen LogP contribution is 2.35. The van der Waals surface area contributed by atoms with Gasteiger partial charge in [0.25, 0.3) is 0 Å². The lowest BCUT2D eigenvalue weighted by atomic mass is 10.0. The van der Waals surface area contributed by atoms with Crippen LogP contribution in [-0.2, 0) is 22.1 Å². The van der Waals surface area contributed by atoms with Gasteiger partial charge in [0, 0.05) is 4.90 Å². The number of hydrogen-bond donors (Lipinski definition) is 1. The van der Waals surface area contributed by atoms with Crippen molar-refractivity contribution in [2.24, 2.45) is 0 Å². The summed E-state index contributed by atoms with van der Waals surface area (Å²) in [6, 6.07) is 3.49. The van der Waals surface area contributed by atoms with Crippen LogP contribution in [0.1, 0.15) is 23.6 Å². The highest BCUT2D eigenvalue weighted by Gasteiger charge is 2.34. The number of rotatable bonds is 3. The van der Waals surface area contributed by atoms with E-state index in [2.05, 4.69) is 17.4 Å². The largest absolute Gasteiger partial charge is 0.466 e. The van der Waals surface area contributed by atoms with Gasteiger partial charge in [0.1, 0.15) is 6.07 Å². The van der Waals surface area contributed by atoms with E-state index < -0.39 is 24.1 Å². The zero-order valence-electron chi connectivity index (χ0n) is 9.91. The van der Waals surface area contributed by atoms with Crippen LogP contribution in [0.4, 0.5) is 13.2 Å². The molecule has 0 N–H and O–H groups in total. The van der Waals surface area contributed by atoms with Crippen LogP contribution in [0.3, 0.4) is 0 Å². The molecule has 1 rings (SSSR count). The molecule has 1 aromatic carbocycles. The lowest BCUT2D eigenvalue weighted by molar-refractivity contribution is -0.143. The normalized spacial score (nSPS) is 10.9. The van der Waals surface area contributed by atoms with Crippen molar-refractivity contribution < 1.29 is 22.7 Å². The van der Waals surface area contributed by atoms with Crippen molar-refractivity contribution in [1.82, 2.24) is 0 Å². The number of carbonyl (C=O) groups excluding carboxylic acids is 1. The average molecular weight is 289 g/mol. The molecule has 102 valence electrons. The number of esters is 1. The van der Waals surface area contributed by atoms with Gasteiger partial charge < -0.3 is 4.74 Å². The molecule has 19 heavy (non-hydrogen) atoms. The first-order chi connectivity index (χ1) is 8.79. The van der Waals surface area contributed by atoms with E-state index in [9.17, 15) is 18.0 Å². The molecule has 1 aromatic rings. The van der Waals surface area contributed by atoms with Crippen molar-refractivity contribution in [2.45, 2.75) is 24.4 Å². The van der Waals surface area contributed by atoms with Crippen molar-refractivity contribution >= 4 is 18.6 Å². The van der Waals surface area contributed by atoms with E-state index >= 15 is 0 Å². The van der Waals surface area contributed by atoms with E-state index in [-0.39, 0.29) is 22.6 Å². The Balaban J connectivity index is 3.27. The Morgan fingerprint density at radius 3 is 2.58 bits per heavy atom. The summed E-state index contributed by atoms with van der Waals surface area (Å²) in [6.07, 6.45) is -5.15. The number of ether oxygens (including phenoxy) is 1. The van der Waals surface area contributed by atoms with E-state index in [1.807, 2.05) is 0 Å². The molecule has 0 spiro atoms. The number of halogens is 3. The van der Waals surface area contributed by atoms with Gasteiger partial charge >= 0.3 is 12.1 Å². The molecule has 0 fully saturated rings. The van der Waals surface area contributed by atoms with Gasteiger partial charge in [-0.05, 0) is 24.6 Å². The lowest BCUT2D eigenvalue weighted by Crippen LogP contribution is -2.15. The number of alkyl halides is 3. The molecule has 0 aliphatic rings. The predicted molar refractivity (Wildman–Crippen MR) is 63.7 cm³/mol. The minimum atomic E-state index is -4.62. The summed E-state index contributed by atoms with van der Waals surface area (Å²) in [4.78, 5) is 11.2. The number of hydrogen-bond acceptors (Lipinski definition) is 4. The van der Waals surface area contributed by atoms with Crippen LogP contribution in [-0.4, -0.2) is 12.6 Å². The van der Waals surface area contributed by atoms with E-state index in [0.29, 0.717) is 0 Å². The van der Waals surface area contributed by atoms with E-state index in [1.165, 1.54) is 0 Å². The van der Waals surface area contributed by atoms with Crippen LogP contribution in [0.2, 0.25) is 0 Å². The zero-order chi connectivity index (χ0) is 14.6. The molecule has 0 saturated carbocycles. The van der Waals surface area contributed by atoms with Crippen molar-refractivity contribution in [1.29, 1.82) is 5.26 Å². The SMILES string of the molecule is CCOC(=O)Cc1cc(C#N)c(S)cc1C(F)(F)F. The molecule has 0 heterocycles. The van der Waals surface area contributed by atoms with Crippen LogP contribution in [0.25, 0.3) is 0 Å². The number of nitrogens with zero attached hydrogens (tertiary/aromatic N) is 1. The molecule has 0 amide bonds. The monoisotopic (exact) mass is 289 g/mol. The summed E-state index contributed by atoms with van der Waals surface area (Å²) >= 11 is 3.82. The standard InChI is InChI=1S/C12H10F3NO2S/c1-2-18-11(17)4-7-3-8(6-16)10(19)5-9(7)12(13,14)15/h3,5,19H,2,4H2,1H3. The second-order valence-electron chi connectivity index (χ2n) is 3.62. The number of benzene rings is 1. The van der Waals surface area contributed by atoms with Gasteiger partial charge in [-0.3, -0.25) is 4.79 Å². The zero-order valence-corrected chi connectivity index (χ0v) is 10.8. The number of carbonyl (C=O) groups is 1. The smallest absolute Gasteiger partial charge is 0.416 e. The fraction of sp³-hybridized carbons (Fsp3) is 0.333. The summed E-state index contributed by atoms with van der Waals surface area (Å²) in [6.45, 7) is 1.63. The minimum absolute atomic E-state index is 0.0179. The Labute approximate surface area is 113 Å². The fourth-order valence-corrected chi connectivity index (χ4v) is 1.74. The quantitative estimate of drug-likeness (QED) is 0.687. The highest BCUT2D eigenvalue weighted by atomic mass is 32.1. The van der Waals surface area contributed by atoms with Gasteiger partial charge in [-0.15, -0.1) is 12.6 Å². The van der Waals surface area contributed by atoms with Crippen LogP contribution in [0, 0.1) is 11.3 Å². The molecular formula is C12H10F3NO2S. The number of nitriles is 1. The molecule has 0 atom stereocenters. The first-order valence-corrected chi connectivity index (χ1v) is 5.73. The Kier molecular flexibility index (Phi) is 4.84. The second kappa shape index (κ2) is 5.97.